The number of rotatable bonds is 3. The summed E-state index contributed by atoms with van der Waals surface area (Å²) in [6.07, 6.45) is 5.30. The van der Waals surface area contributed by atoms with Crippen LogP contribution in [0.25, 0.3) is 11.1 Å². The van der Waals surface area contributed by atoms with Crippen molar-refractivity contribution in [1.82, 2.24) is 0 Å². The predicted octanol–water partition coefficient (Wildman–Crippen LogP) is 5.73. The van der Waals surface area contributed by atoms with Gasteiger partial charge in [0.15, 0.2) is 0 Å². The van der Waals surface area contributed by atoms with Gasteiger partial charge in [-0.15, -0.1) is 0 Å². The highest BCUT2D eigenvalue weighted by Gasteiger charge is 2.32. The summed E-state index contributed by atoms with van der Waals surface area (Å²) in [7, 11) is 0. The van der Waals surface area contributed by atoms with Crippen LogP contribution in [0.15, 0.2) is 54.6 Å². The molecule has 0 aromatic heterocycles. The molecular weight excluding hydrogens is 254 g/mol. The molecule has 0 saturated heterocycles. The molecule has 0 aliphatic heterocycles. The fourth-order valence-electron chi connectivity index (χ4n) is 3.43. The second-order valence-electron chi connectivity index (χ2n) is 6.84. The maximum Gasteiger partial charge on any atom is 0.0422 e. The van der Waals surface area contributed by atoms with Gasteiger partial charge < -0.3 is 5.32 Å². The third kappa shape index (κ3) is 3.12. The van der Waals surface area contributed by atoms with E-state index in [4.69, 9.17) is 0 Å². The van der Waals surface area contributed by atoms with E-state index in [1.165, 1.54) is 42.5 Å². The fourth-order valence-corrected chi connectivity index (χ4v) is 3.43. The predicted molar refractivity (Wildman–Crippen MR) is 91.5 cm³/mol. The molecule has 1 atom stereocenters. The van der Waals surface area contributed by atoms with E-state index in [1.807, 2.05) is 0 Å². The minimum Gasteiger partial charge on any atom is -0.381 e. The summed E-state index contributed by atoms with van der Waals surface area (Å²) in [5.74, 6) is 0. The normalized spacial score (nSPS) is 21.0. The molecule has 0 spiro atoms. The van der Waals surface area contributed by atoms with Crippen molar-refractivity contribution in [1.29, 1.82) is 0 Å². The molecule has 21 heavy (non-hydrogen) atoms. The maximum absolute atomic E-state index is 3.84. The number of nitrogens with one attached hydrogen (secondary N) is 1. The quantitative estimate of drug-likeness (QED) is 0.756. The molecule has 110 valence electrons. The van der Waals surface area contributed by atoms with E-state index in [2.05, 4.69) is 73.8 Å². The van der Waals surface area contributed by atoms with Gasteiger partial charge in [-0.05, 0) is 29.9 Å². The molecule has 1 aliphatic rings. The summed E-state index contributed by atoms with van der Waals surface area (Å²) in [4.78, 5) is 0. The molecule has 1 saturated carbocycles. The Balaban J connectivity index is 1.89. The Morgan fingerprint density at radius 1 is 0.905 bits per heavy atom. The van der Waals surface area contributed by atoms with E-state index < -0.39 is 0 Å². The van der Waals surface area contributed by atoms with E-state index >= 15 is 0 Å². The van der Waals surface area contributed by atoms with E-state index in [9.17, 15) is 0 Å². The summed E-state index contributed by atoms with van der Waals surface area (Å²) in [6.45, 7) is 4.80. The van der Waals surface area contributed by atoms with Gasteiger partial charge in [0.2, 0.25) is 0 Å². The van der Waals surface area contributed by atoms with Crippen LogP contribution in [0.1, 0.15) is 39.5 Å². The molecule has 2 aromatic carbocycles. The SMILES string of the molecule is CC1(C)CCCCC1Nc1ccccc1-c1ccccc1. The lowest BCUT2D eigenvalue weighted by Gasteiger charge is -2.40. The van der Waals surface area contributed by atoms with Crippen LogP contribution in [-0.2, 0) is 0 Å². The van der Waals surface area contributed by atoms with Crippen molar-refractivity contribution in [2.45, 2.75) is 45.6 Å². The number of anilines is 1. The van der Waals surface area contributed by atoms with E-state index in [0.29, 0.717) is 11.5 Å². The van der Waals surface area contributed by atoms with Gasteiger partial charge in [-0.2, -0.15) is 0 Å². The second-order valence-corrected chi connectivity index (χ2v) is 6.84. The summed E-state index contributed by atoms with van der Waals surface area (Å²) in [5.41, 5.74) is 4.24. The fraction of sp³-hybridized carbons (Fsp3) is 0.400. The summed E-state index contributed by atoms with van der Waals surface area (Å²) in [6, 6.07) is 19.9. The highest BCUT2D eigenvalue weighted by atomic mass is 14.9. The molecule has 1 aliphatic carbocycles. The van der Waals surface area contributed by atoms with Gasteiger partial charge in [-0.1, -0.05) is 75.2 Å². The average Bonchev–Trinajstić information content (AvgIpc) is 2.51. The molecule has 1 heteroatoms. The number of hydrogen-bond acceptors (Lipinski definition) is 1. The van der Waals surface area contributed by atoms with Gasteiger partial charge in [0.05, 0.1) is 0 Å². The van der Waals surface area contributed by atoms with Crippen LogP contribution in [0.4, 0.5) is 5.69 Å². The minimum atomic E-state index is 0.377. The summed E-state index contributed by atoms with van der Waals surface area (Å²) >= 11 is 0. The van der Waals surface area contributed by atoms with Crippen LogP contribution < -0.4 is 5.32 Å². The van der Waals surface area contributed by atoms with E-state index in [1.54, 1.807) is 0 Å². The van der Waals surface area contributed by atoms with Crippen LogP contribution in [0.3, 0.4) is 0 Å². The second kappa shape index (κ2) is 5.93. The van der Waals surface area contributed by atoms with Crippen LogP contribution in [-0.4, -0.2) is 6.04 Å². The lowest BCUT2D eigenvalue weighted by molar-refractivity contribution is 0.217. The lowest BCUT2D eigenvalue weighted by atomic mass is 9.73. The van der Waals surface area contributed by atoms with Crippen molar-refractivity contribution in [3.05, 3.63) is 54.6 Å². The number of benzene rings is 2. The molecule has 1 fully saturated rings. The largest absolute Gasteiger partial charge is 0.381 e. The van der Waals surface area contributed by atoms with E-state index in [0.717, 1.165) is 0 Å². The number of para-hydroxylation sites is 1. The highest BCUT2D eigenvalue weighted by molar-refractivity contribution is 5.78. The minimum absolute atomic E-state index is 0.377. The lowest BCUT2D eigenvalue weighted by Crippen LogP contribution is -2.39. The third-order valence-corrected chi connectivity index (χ3v) is 4.85. The van der Waals surface area contributed by atoms with Gasteiger partial charge in [0.25, 0.3) is 0 Å². The first kappa shape index (κ1) is 14.2. The highest BCUT2D eigenvalue weighted by Crippen LogP contribution is 2.39. The van der Waals surface area contributed by atoms with Crippen LogP contribution >= 0.6 is 0 Å². The van der Waals surface area contributed by atoms with Crippen molar-refractivity contribution in [3.8, 4) is 11.1 Å². The van der Waals surface area contributed by atoms with E-state index in [-0.39, 0.29) is 0 Å². The summed E-state index contributed by atoms with van der Waals surface area (Å²) < 4.78 is 0. The standard InChI is InChI=1S/C20H25N/c1-20(2)15-9-8-14-19(20)21-18-13-7-6-12-17(18)16-10-4-3-5-11-16/h3-7,10-13,19,21H,8-9,14-15H2,1-2H3. The van der Waals surface area contributed by atoms with Crippen molar-refractivity contribution < 1.29 is 0 Å². The zero-order chi connectivity index (χ0) is 14.7. The first-order chi connectivity index (χ1) is 10.2. The Bertz CT molecular complexity index is 586. The average molecular weight is 279 g/mol. The zero-order valence-corrected chi connectivity index (χ0v) is 13.1. The number of hydrogen-bond donors (Lipinski definition) is 1. The first-order valence-electron chi connectivity index (χ1n) is 8.08. The third-order valence-electron chi connectivity index (χ3n) is 4.85. The van der Waals surface area contributed by atoms with Crippen LogP contribution in [0.2, 0.25) is 0 Å². The Hall–Kier alpha value is -1.76. The zero-order valence-electron chi connectivity index (χ0n) is 13.1. The van der Waals surface area contributed by atoms with Crippen LogP contribution in [0, 0.1) is 5.41 Å². The van der Waals surface area contributed by atoms with Gasteiger partial charge in [0.1, 0.15) is 0 Å². The smallest absolute Gasteiger partial charge is 0.0422 e. The first-order valence-corrected chi connectivity index (χ1v) is 8.08. The van der Waals surface area contributed by atoms with Crippen molar-refractivity contribution in [3.63, 3.8) is 0 Å². The van der Waals surface area contributed by atoms with Gasteiger partial charge in [0, 0.05) is 17.3 Å². The molecule has 0 amide bonds. The van der Waals surface area contributed by atoms with Gasteiger partial charge in [-0.25, -0.2) is 0 Å². The molecule has 0 bridgehead atoms. The molecule has 0 radical (unpaired) electrons. The monoisotopic (exact) mass is 279 g/mol. The van der Waals surface area contributed by atoms with Crippen LogP contribution in [0.5, 0.6) is 0 Å². The van der Waals surface area contributed by atoms with Gasteiger partial charge >= 0.3 is 0 Å². The molecule has 0 heterocycles. The maximum atomic E-state index is 3.84. The van der Waals surface area contributed by atoms with Crippen molar-refractivity contribution >= 4 is 5.69 Å². The molecule has 1 unspecified atom stereocenters. The molecular formula is C20H25N. The molecule has 1 N–H and O–H groups in total. The molecule has 2 aromatic rings. The molecule has 1 nitrogen and oxygen atoms in total. The van der Waals surface area contributed by atoms with Crippen molar-refractivity contribution in [2.75, 3.05) is 5.32 Å². The Labute approximate surface area is 128 Å². The summed E-state index contributed by atoms with van der Waals surface area (Å²) in [5, 5.41) is 3.84. The van der Waals surface area contributed by atoms with Crippen molar-refractivity contribution in [2.24, 2.45) is 5.41 Å². The van der Waals surface area contributed by atoms with Gasteiger partial charge in [-0.3, -0.25) is 0 Å². The molecule has 3 rings (SSSR count). The topological polar surface area (TPSA) is 12.0 Å². The Kier molecular flexibility index (Phi) is 4.01. The Morgan fingerprint density at radius 3 is 2.38 bits per heavy atom. The Morgan fingerprint density at radius 2 is 1.62 bits per heavy atom.